The number of nitrogens with zero attached hydrogens (tertiary/aromatic N) is 3. The van der Waals surface area contributed by atoms with Crippen molar-refractivity contribution in [3.05, 3.63) is 76.6 Å². The Morgan fingerprint density at radius 3 is 2.97 bits per heavy atom. The number of aromatic nitrogens is 4. The average molecular weight is 438 g/mol. The Bertz CT molecular complexity index is 1190. The molecule has 3 heterocycles. The number of aromatic amines is 1. The summed E-state index contributed by atoms with van der Waals surface area (Å²) in [5.74, 6) is 1.10. The van der Waals surface area contributed by atoms with Crippen LogP contribution < -0.4 is 10.1 Å². The summed E-state index contributed by atoms with van der Waals surface area (Å²) in [6.07, 6.45) is 3.48. The molecule has 152 valence electrons. The van der Waals surface area contributed by atoms with Gasteiger partial charge in [-0.3, -0.25) is 19.4 Å². The highest BCUT2D eigenvalue weighted by Crippen LogP contribution is 2.26. The van der Waals surface area contributed by atoms with Crippen LogP contribution >= 0.6 is 23.6 Å². The molecule has 7 nitrogen and oxygen atoms in total. The normalized spacial score (nSPS) is 11.8. The van der Waals surface area contributed by atoms with Gasteiger partial charge in [-0.2, -0.15) is 5.10 Å². The summed E-state index contributed by atoms with van der Waals surface area (Å²) in [5, 5.41) is 12.0. The van der Waals surface area contributed by atoms with E-state index in [0.29, 0.717) is 28.6 Å². The average Bonchev–Trinajstić information content (AvgIpc) is 3.42. The summed E-state index contributed by atoms with van der Waals surface area (Å²) >= 11 is 6.89. The van der Waals surface area contributed by atoms with Crippen molar-refractivity contribution in [2.45, 2.75) is 19.6 Å². The number of ether oxygens (including phenoxy) is 1. The first-order valence-corrected chi connectivity index (χ1v) is 10.5. The number of thiophene rings is 1. The van der Waals surface area contributed by atoms with Crippen molar-refractivity contribution < 1.29 is 9.53 Å². The summed E-state index contributed by atoms with van der Waals surface area (Å²) in [4.78, 5) is 17.9. The van der Waals surface area contributed by atoms with Crippen molar-refractivity contribution in [2.24, 2.45) is 0 Å². The fourth-order valence-corrected chi connectivity index (χ4v) is 3.92. The Hall–Kier alpha value is -3.30. The summed E-state index contributed by atoms with van der Waals surface area (Å²) in [6, 6.07) is 14.4. The molecule has 2 N–H and O–H groups in total. The summed E-state index contributed by atoms with van der Waals surface area (Å²) in [6.45, 7) is 2.19. The van der Waals surface area contributed by atoms with Crippen LogP contribution in [0.5, 0.6) is 5.75 Å². The second-order valence-electron chi connectivity index (χ2n) is 6.54. The SMILES string of the molecule is CC(C(=O)Nc1cccc(OCc2cccnc2)c1)n1c(-c2cccs2)n[nH]c1=S. The highest BCUT2D eigenvalue weighted by Gasteiger charge is 2.21. The Labute approximate surface area is 182 Å². The lowest BCUT2D eigenvalue weighted by Crippen LogP contribution is -2.24. The zero-order valence-electron chi connectivity index (χ0n) is 16.1. The molecule has 0 radical (unpaired) electrons. The molecule has 1 amide bonds. The second kappa shape index (κ2) is 9.02. The van der Waals surface area contributed by atoms with Crippen LogP contribution in [0.15, 0.2) is 66.3 Å². The highest BCUT2D eigenvalue weighted by atomic mass is 32.1. The van der Waals surface area contributed by atoms with Crippen molar-refractivity contribution in [1.29, 1.82) is 0 Å². The number of H-pyrrole nitrogens is 1. The maximum atomic E-state index is 12.9. The third kappa shape index (κ3) is 4.47. The van der Waals surface area contributed by atoms with Crippen LogP contribution in [0.1, 0.15) is 18.5 Å². The van der Waals surface area contributed by atoms with E-state index in [-0.39, 0.29) is 5.91 Å². The molecule has 0 saturated heterocycles. The summed E-state index contributed by atoms with van der Waals surface area (Å²) < 4.78 is 7.93. The van der Waals surface area contributed by atoms with Crippen LogP contribution in [0.2, 0.25) is 0 Å². The predicted octanol–water partition coefficient (Wildman–Crippen LogP) is 4.84. The molecule has 1 atom stereocenters. The number of carbonyl (C=O) groups excluding carboxylic acids is 1. The lowest BCUT2D eigenvalue weighted by atomic mass is 10.2. The molecule has 0 aliphatic carbocycles. The molecule has 4 aromatic rings. The Morgan fingerprint density at radius 2 is 2.20 bits per heavy atom. The summed E-state index contributed by atoms with van der Waals surface area (Å²) in [7, 11) is 0. The molecule has 0 aliphatic heterocycles. The van der Waals surface area contributed by atoms with Gasteiger partial charge in [0, 0.05) is 29.7 Å². The zero-order chi connectivity index (χ0) is 20.9. The van der Waals surface area contributed by atoms with E-state index in [1.54, 1.807) is 30.0 Å². The van der Waals surface area contributed by atoms with Gasteiger partial charge in [0.25, 0.3) is 0 Å². The Kier molecular flexibility index (Phi) is 6.01. The van der Waals surface area contributed by atoms with E-state index in [1.165, 1.54) is 11.3 Å². The number of nitrogens with one attached hydrogen (secondary N) is 2. The van der Waals surface area contributed by atoms with Gasteiger partial charge < -0.3 is 10.1 Å². The van der Waals surface area contributed by atoms with Crippen molar-refractivity contribution in [3.8, 4) is 16.5 Å². The molecule has 0 spiro atoms. The molecular weight excluding hydrogens is 418 g/mol. The molecule has 0 saturated carbocycles. The molecule has 1 unspecified atom stereocenters. The second-order valence-corrected chi connectivity index (χ2v) is 7.88. The van der Waals surface area contributed by atoms with Gasteiger partial charge in [-0.05, 0) is 48.8 Å². The third-order valence-corrected chi connectivity index (χ3v) is 5.60. The van der Waals surface area contributed by atoms with E-state index in [9.17, 15) is 4.79 Å². The third-order valence-electron chi connectivity index (χ3n) is 4.44. The monoisotopic (exact) mass is 437 g/mol. The lowest BCUT2D eigenvalue weighted by molar-refractivity contribution is -0.118. The van der Waals surface area contributed by atoms with Crippen LogP contribution in [-0.4, -0.2) is 25.7 Å². The minimum Gasteiger partial charge on any atom is -0.489 e. The predicted molar refractivity (Wildman–Crippen MR) is 119 cm³/mol. The Morgan fingerprint density at radius 1 is 1.30 bits per heavy atom. The van der Waals surface area contributed by atoms with E-state index in [0.717, 1.165) is 10.4 Å². The fraction of sp³-hybridized carbons (Fsp3) is 0.143. The molecule has 0 fully saturated rings. The van der Waals surface area contributed by atoms with Crippen LogP contribution in [0.3, 0.4) is 0 Å². The maximum Gasteiger partial charge on any atom is 0.247 e. The van der Waals surface area contributed by atoms with Crippen LogP contribution in [0.25, 0.3) is 10.7 Å². The van der Waals surface area contributed by atoms with Crippen LogP contribution in [0, 0.1) is 4.77 Å². The Balaban J connectivity index is 1.47. The smallest absolute Gasteiger partial charge is 0.247 e. The van der Waals surface area contributed by atoms with E-state index in [1.807, 2.05) is 47.8 Å². The van der Waals surface area contributed by atoms with E-state index in [4.69, 9.17) is 17.0 Å². The van der Waals surface area contributed by atoms with Gasteiger partial charge in [0.1, 0.15) is 18.4 Å². The van der Waals surface area contributed by atoms with Crippen molar-refractivity contribution in [2.75, 3.05) is 5.32 Å². The van der Waals surface area contributed by atoms with Crippen LogP contribution in [-0.2, 0) is 11.4 Å². The maximum absolute atomic E-state index is 12.9. The molecule has 1 aromatic carbocycles. The highest BCUT2D eigenvalue weighted by molar-refractivity contribution is 7.71. The summed E-state index contributed by atoms with van der Waals surface area (Å²) in [5.41, 5.74) is 1.61. The van der Waals surface area contributed by atoms with Crippen molar-refractivity contribution in [1.82, 2.24) is 19.7 Å². The largest absolute Gasteiger partial charge is 0.489 e. The number of benzene rings is 1. The van der Waals surface area contributed by atoms with Crippen LogP contribution in [0.4, 0.5) is 5.69 Å². The van der Waals surface area contributed by atoms with E-state index < -0.39 is 6.04 Å². The number of carbonyl (C=O) groups is 1. The molecular formula is C21H19N5O2S2. The zero-order valence-corrected chi connectivity index (χ0v) is 17.7. The van der Waals surface area contributed by atoms with Gasteiger partial charge in [0.2, 0.25) is 5.91 Å². The van der Waals surface area contributed by atoms with Crippen molar-refractivity contribution >= 4 is 35.1 Å². The topological polar surface area (TPSA) is 84.8 Å². The minimum atomic E-state index is -0.548. The number of hydrogen-bond donors (Lipinski definition) is 2. The first-order valence-electron chi connectivity index (χ1n) is 9.25. The molecule has 4 rings (SSSR count). The minimum absolute atomic E-state index is 0.199. The van der Waals surface area contributed by atoms with Gasteiger partial charge in [-0.25, -0.2) is 0 Å². The van der Waals surface area contributed by atoms with Gasteiger partial charge in [-0.15, -0.1) is 11.3 Å². The standard InChI is InChI=1S/C21H19N5O2S2/c1-14(26-19(24-25-21(26)29)18-8-4-10-30-18)20(27)23-16-6-2-7-17(11-16)28-13-15-5-3-9-22-12-15/h2-12,14H,13H2,1H3,(H,23,27)(H,25,29). The number of anilines is 1. The van der Waals surface area contributed by atoms with Gasteiger partial charge in [0.15, 0.2) is 10.6 Å². The molecule has 0 aliphatic rings. The quantitative estimate of drug-likeness (QED) is 0.404. The van der Waals surface area contributed by atoms with Gasteiger partial charge in [0.05, 0.1) is 4.88 Å². The fourth-order valence-electron chi connectivity index (χ4n) is 2.92. The number of rotatable bonds is 7. The van der Waals surface area contributed by atoms with Gasteiger partial charge in [-0.1, -0.05) is 18.2 Å². The lowest BCUT2D eigenvalue weighted by Gasteiger charge is -2.16. The first-order chi connectivity index (χ1) is 14.6. The van der Waals surface area contributed by atoms with E-state index >= 15 is 0 Å². The molecule has 30 heavy (non-hydrogen) atoms. The van der Waals surface area contributed by atoms with E-state index in [2.05, 4.69) is 20.5 Å². The first kappa shape index (κ1) is 20.0. The van der Waals surface area contributed by atoms with Gasteiger partial charge >= 0.3 is 0 Å². The van der Waals surface area contributed by atoms with Crippen molar-refractivity contribution in [3.63, 3.8) is 0 Å². The molecule has 9 heteroatoms. The molecule has 3 aromatic heterocycles. The number of amides is 1. The number of hydrogen-bond acceptors (Lipinski definition) is 6. The molecule has 0 bridgehead atoms. The number of pyridine rings is 1.